The van der Waals surface area contributed by atoms with Gasteiger partial charge in [0.2, 0.25) is 5.91 Å². The van der Waals surface area contributed by atoms with Crippen molar-refractivity contribution in [1.82, 2.24) is 15.1 Å². The summed E-state index contributed by atoms with van der Waals surface area (Å²) in [6.07, 6.45) is 4.51. The van der Waals surface area contributed by atoms with Crippen LogP contribution in [-0.4, -0.2) is 69.8 Å². The second kappa shape index (κ2) is 11.4. The third-order valence-electron chi connectivity index (χ3n) is 5.02. The fourth-order valence-electron chi connectivity index (χ4n) is 3.72. The van der Waals surface area contributed by atoms with Crippen molar-refractivity contribution in [3.63, 3.8) is 0 Å². The van der Waals surface area contributed by atoms with E-state index < -0.39 is 29.4 Å². The van der Waals surface area contributed by atoms with E-state index >= 15 is 0 Å². The number of amides is 3. The molecule has 0 radical (unpaired) electrons. The van der Waals surface area contributed by atoms with Crippen molar-refractivity contribution in [3.8, 4) is 0 Å². The van der Waals surface area contributed by atoms with Crippen LogP contribution in [0.25, 0.3) is 0 Å². The van der Waals surface area contributed by atoms with Gasteiger partial charge in [-0.2, -0.15) is 0 Å². The smallest absolute Gasteiger partial charge is 0.408 e. The zero-order valence-corrected chi connectivity index (χ0v) is 19.6. The number of unbranched alkanes of at least 4 members (excludes halogenated alkanes) is 3. The molecule has 1 fully saturated rings. The molecule has 0 aromatic heterocycles. The first-order valence-electron chi connectivity index (χ1n) is 11.1. The molecule has 1 atom stereocenters. The molecule has 1 rings (SSSR count). The summed E-state index contributed by atoms with van der Waals surface area (Å²) >= 11 is 0. The number of nitrogens with zero attached hydrogens (tertiary/aromatic N) is 2. The summed E-state index contributed by atoms with van der Waals surface area (Å²) in [5.74, 6) is -0.0728. The summed E-state index contributed by atoms with van der Waals surface area (Å²) in [4.78, 5) is 39.6. The van der Waals surface area contributed by atoms with Crippen molar-refractivity contribution in [2.24, 2.45) is 0 Å². The maximum absolute atomic E-state index is 13.1. The maximum Gasteiger partial charge on any atom is 0.408 e. The zero-order valence-electron chi connectivity index (χ0n) is 19.6. The van der Waals surface area contributed by atoms with Crippen molar-refractivity contribution in [3.05, 3.63) is 0 Å². The largest absolute Gasteiger partial charge is 0.465 e. The Labute approximate surface area is 181 Å². The number of ether oxygens (including phenoxy) is 1. The fraction of sp³-hybridized carbons (Fsp3) is 0.864. The number of alkyl carbamates (subject to hydrolysis) is 1. The van der Waals surface area contributed by atoms with Gasteiger partial charge in [0.05, 0.1) is 0 Å². The molecule has 174 valence electrons. The molecule has 8 nitrogen and oxygen atoms in total. The molecule has 1 aliphatic heterocycles. The Morgan fingerprint density at radius 3 is 2.30 bits per heavy atom. The monoisotopic (exact) mass is 427 g/mol. The number of hydrogen-bond donors (Lipinski definition) is 2. The van der Waals surface area contributed by atoms with E-state index in [1.807, 2.05) is 46.4 Å². The Morgan fingerprint density at radius 1 is 1.10 bits per heavy atom. The first-order chi connectivity index (χ1) is 13.8. The molecule has 8 heteroatoms. The summed E-state index contributed by atoms with van der Waals surface area (Å²) in [5.41, 5.74) is -1.12. The van der Waals surface area contributed by atoms with E-state index in [1.165, 1.54) is 4.90 Å². The normalized spacial score (nSPS) is 18.0. The number of carbonyl (C=O) groups is 3. The third-order valence-corrected chi connectivity index (χ3v) is 5.02. The third kappa shape index (κ3) is 9.22. The molecule has 3 amide bonds. The summed E-state index contributed by atoms with van der Waals surface area (Å²) < 4.78 is 5.20. The van der Waals surface area contributed by atoms with Crippen molar-refractivity contribution < 1.29 is 24.2 Å². The van der Waals surface area contributed by atoms with E-state index in [9.17, 15) is 19.5 Å². The van der Waals surface area contributed by atoms with Gasteiger partial charge in [-0.05, 0) is 73.6 Å². The predicted molar refractivity (Wildman–Crippen MR) is 117 cm³/mol. The molecule has 1 unspecified atom stereocenters. The molecule has 0 aromatic carbocycles. The molecular weight excluding hydrogens is 386 g/mol. The highest BCUT2D eigenvalue weighted by Crippen LogP contribution is 2.25. The Bertz CT molecular complexity index is 580. The number of carbonyl (C=O) groups excluding carboxylic acids is 2. The Hall–Kier alpha value is -1.99. The van der Waals surface area contributed by atoms with Gasteiger partial charge in [-0.15, -0.1) is 0 Å². The molecular formula is C22H41N3O5. The van der Waals surface area contributed by atoms with Crippen LogP contribution in [0.4, 0.5) is 9.59 Å². The van der Waals surface area contributed by atoms with Crippen LogP contribution in [0.15, 0.2) is 0 Å². The Balaban J connectivity index is 2.41. The molecule has 0 spiro atoms. The van der Waals surface area contributed by atoms with Gasteiger partial charge in [0.25, 0.3) is 0 Å². The second-order valence-electron chi connectivity index (χ2n) is 10.0. The lowest BCUT2D eigenvalue weighted by Crippen LogP contribution is -2.56. The molecule has 30 heavy (non-hydrogen) atoms. The van der Waals surface area contributed by atoms with Crippen molar-refractivity contribution >= 4 is 18.1 Å². The van der Waals surface area contributed by atoms with E-state index in [0.717, 1.165) is 38.5 Å². The lowest BCUT2D eigenvalue weighted by Gasteiger charge is -2.39. The van der Waals surface area contributed by atoms with E-state index in [0.29, 0.717) is 26.1 Å². The quantitative estimate of drug-likeness (QED) is 0.565. The summed E-state index contributed by atoms with van der Waals surface area (Å²) in [5, 5.41) is 12.4. The van der Waals surface area contributed by atoms with Gasteiger partial charge in [0.15, 0.2) is 0 Å². The van der Waals surface area contributed by atoms with Gasteiger partial charge < -0.3 is 20.1 Å². The minimum atomic E-state index is -1.04. The van der Waals surface area contributed by atoms with Gasteiger partial charge in [0, 0.05) is 25.2 Å². The highest BCUT2D eigenvalue weighted by molar-refractivity contribution is 5.86. The standard InChI is InChI=1S/C22H41N3O5/c1-21(2,3)25(20(28)29)17-13-9-12-16-24(18(17)26)15-11-8-7-10-14-23-19(27)30-22(4,5)6/h17H,7-16H2,1-6H3,(H,23,27)(H,28,29). The lowest BCUT2D eigenvalue weighted by molar-refractivity contribution is -0.137. The molecule has 1 saturated heterocycles. The topological polar surface area (TPSA) is 99.2 Å². The van der Waals surface area contributed by atoms with Crippen LogP contribution in [0.1, 0.15) is 86.5 Å². The highest BCUT2D eigenvalue weighted by Gasteiger charge is 2.39. The van der Waals surface area contributed by atoms with Crippen LogP contribution < -0.4 is 5.32 Å². The minimum absolute atomic E-state index is 0.0728. The lowest BCUT2D eigenvalue weighted by atomic mass is 10.00. The molecule has 0 saturated carbocycles. The number of likely N-dealkylation sites (tertiary alicyclic amines) is 1. The van der Waals surface area contributed by atoms with Crippen LogP contribution in [0.3, 0.4) is 0 Å². The molecule has 0 aromatic rings. The summed E-state index contributed by atoms with van der Waals surface area (Å²) in [6, 6.07) is -0.608. The van der Waals surface area contributed by atoms with Gasteiger partial charge >= 0.3 is 12.2 Å². The number of rotatable bonds is 8. The van der Waals surface area contributed by atoms with E-state index in [-0.39, 0.29) is 5.91 Å². The second-order valence-corrected chi connectivity index (χ2v) is 10.0. The highest BCUT2D eigenvalue weighted by atomic mass is 16.6. The Kier molecular flexibility index (Phi) is 9.91. The predicted octanol–water partition coefficient (Wildman–Crippen LogP) is 4.23. The summed E-state index contributed by atoms with van der Waals surface area (Å²) in [6.45, 7) is 12.9. The first-order valence-corrected chi connectivity index (χ1v) is 11.1. The van der Waals surface area contributed by atoms with Gasteiger partial charge in [-0.1, -0.05) is 12.8 Å². The maximum atomic E-state index is 13.1. The molecule has 1 aliphatic rings. The van der Waals surface area contributed by atoms with E-state index in [4.69, 9.17) is 4.74 Å². The minimum Gasteiger partial charge on any atom is -0.465 e. The van der Waals surface area contributed by atoms with Gasteiger partial charge in [-0.3, -0.25) is 9.69 Å². The molecule has 1 heterocycles. The van der Waals surface area contributed by atoms with Crippen LogP contribution in [0, 0.1) is 0 Å². The van der Waals surface area contributed by atoms with Crippen molar-refractivity contribution in [1.29, 1.82) is 0 Å². The zero-order chi connectivity index (χ0) is 22.9. The molecule has 0 aliphatic carbocycles. The first kappa shape index (κ1) is 26.0. The van der Waals surface area contributed by atoms with Gasteiger partial charge in [-0.25, -0.2) is 9.59 Å². The van der Waals surface area contributed by atoms with Crippen molar-refractivity contribution in [2.45, 2.75) is 104 Å². The summed E-state index contributed by atoms with van der Waals surface area (Å²) in [7, 11) is 0. The van der Waals surface area contributed by atoms with Crippen molar-refractivity contribution in [2.75, 3.05) is 19.6 Å². The van der Waals surface area contributed by atoms with Crippen LogP contribution in [0.2, 0.25) is 0 Å². The number of hydrogen-bond acceptors (Lipinski definition) is 4. The number of carboxylic acid groups (broad SMARTS) is 1. The van der Waals surface area contributed by atoms with Crippen LogP contribution in [-0.2, 0) is 9.53 Å². The van der Waals surface area contributed by atoms with Crippen LogP contribution >= 0.6 is 0 Å². The molecule has 0 bridgehead atoms. The fourth-order valence-corrected chi connectivity index (χ4v) is 3.72. The van der Waals surface area contributed by atoms with Crippen LogP contribution in [0.5, 0.6) is 0 Å². The Morgan fingerprint density at radius 2 is 1.73 bits per heavy atom. The molecule has 2 N–H and O–H groups in total. The van der Waals surface area contributed by atoms with Gasteiger partial charge in [0.1, 0.15) is 11.6 Å². The van der Waals surface area contributed by atoms with E-state index in [1.54, 1.807) is 0 Å². The van der Waals surface area contributed by atoms with E-state index in [2.05, 4.69) is 5.32 Å². The average molecular weight is 428 g/mol. The average Bonchev–Trinajstić information content (AvgIpc) is 2.73. The SMILES string of the molecule is CC(C)(C)OC(=O)NCCCCCCN1CCCCC(N(C(=O)O)C(C)(C)C)C1=O. The number of nitrogens with one attached hydrogen (secondary N) is 1.